The number of nitrogens with one attached hydrogen (secondary N) is 2. The van der Waals surface area contributed by atoms with Crippen LogP contribution < -0.4 is 20.1 Å². The summed E-state index contributed by atoms with van der Waals surface area (Å²) in [4.78, 5) is 12.5. The maximum Gasteiger partial charge on any atom is 0.246 e. The van der Waals surface area contributed by atoms with Crippen LogP contribution in [0, 0.1) is 0 Å². The van der Waals surface area contributed by atoms with Gasteiger partial charge in [-0.3, -0.25) is 4.79 Å². The lowest BCUT2D eigenvalue weighted by molar-refractivity contribution is -0.116. The molecule has 1 unspecified atom stereocenters. The quantitative estimate of drug-likeness (QED) is 0.789. The monoisotopic (exact) mass is 342 g/mol. The van der Waals surface area contributed by atoms with Crippen molar-refractivity contribution in [1.29, 1.82) is 0 Å². The summed E-state index contributed by atoms with van der Waals surface area (Å²) in [5.74, 6) is 1.57. The molecular formula is C20H26N2O3. The minimum absolute atomic E-state index is 0.153. The van der Waals surface area contributed by atoms with Gasteiger partial charge in [-0.1, -0.05) is 26.0 Å². The van der Waals surface area contributed by atoms with Gasteiger partial charge in [0.1, 0.15) is 17.5 Å². The highest BCUT2D eigenvalue weighted by atomic mass is 16.5. The van der Waals surface area contributed by atoms with Crippen LogP contribution in [-0.4, -0.2) is 26.2 Å². The Morgan fingerprint density at radius 2 is 1.64 bits per heavy atom. The number of carbonyl (C=O) groups is 1. The fourth-order valence-corrected chi connectivity index (χ4v) is 2.43. The van der Waals surface area contributed by atoms with E-state index in [1.807, 2.05) is 19.1 Å². The molecule has 0 bridgehead atoms. The summed E-state index contributed by atoms with van der Waals surface area (Å²) in [6.45, 7) is 6.12. The van der Waals surface area contributed by atoms with Crippen molar-refractivity contribution in [3.05, 3.63) is 48.0 Å². The molecule has 0 fully saturated rings. The van der Waals surface area contributed by atoms with E-state index in [4.69, 9.17) is 9.47 Å². The van der Waals surface area contributed by atoms with Crippen molar-refractivity contribution in [3.8, 4) is 11.5 Å². The number of anilines is 2. The zero-order valence-electron chi connectivity index (χ0n) is 15.4. The predicted octanol–water partition coefficient (Wildman–Crippen LogP) is 4.27. The maximum absolute atomic E-state index is 12.5. The molecule has 5 nitrogen and oxygen atoms in total. The Labute approximate surface area is 149 Å². The Kier molecular flexibility index (Phi) is 6.28. The van der Waals surface area contributed by atoms with Gasteiger partial charge in [0.15, 0.2) is 0 Å². The molecule has 0 aliphatic heterocycles. The Morgan fingerprint density at radius 3 is 2.20 bits per heavy atom. The molecular weight excluding hydrogens is 316 g/mol. The van der Waals surface area contributed by atoms with Crippen LogP contribution in [0.25, 0.3) is 0 Å². The highest BCUT2D eigenvalue weighted by Gasteiger charge is 2.15. The first-order chi connectivity index (χ1) is 11.9. The number of hydrogen-bond donors (Lipinski definition) is 2. The SMILES string of the molecule is COc1ccc(OC)c(NC(=O)C(C)Nc2ccc(C(C)C)cc2)c1. The van der Waals surface area contributed by atoms with Crippen molar-refractivity contribution < 1.29 is 14.3 Å². The van der Waals surface area contributed by atoms with Gasteiger partial charge >= 0.3 is 0 Å². The summed E-state index contributed by atoms with van der Waals surface area (Å²) in [5, 5.41) is 6.09. The fourth-order valence-electron chi connectivity index (χ4n) is 2.43. The Bertz CT molecular complexity index is 711. The summed E-state index contributed by atoms with van der Waals surface area (Å²) in [6.07, 6.45) is 0. The van der Waals surface area contributed by atoms with Gasteiger partial charge in [0.05, 0.1) is 19.9 Å². The molecule has 5 heteroatoms. The molecule has 2 aromatic carbocycles. The number of rotatable bonds is 7. The second-order valence-electron chi connectivity index (χ2n) is 6.20. The number of methoxy groups -OCH3 is 2. The summed E-state index contributed by atoms with van der Waals surface area (Å²) in [5.41, 5.74) is 2.75. The smallest absolute Gasteiger partial charge is 0.246 e. The van der Waals surface area contributed by atoms with Crippen molar-refractivity contribution in [2.45, 2.75) is 32.7 Å². The van der Waals surface area contributed by atoms with E-state index in [-0.39, 0.29) is 5.91 Å². The van der Waals surface area contributed by atoms with Crippen molar-refractivity contribution in [2.75, 3.05) is 24.9 Å². The number of carbonyl (C=O) groups excluding carboxylic acids is 1. The lowest BCUT2D eigenvalue weighted by Gasteiger charge is -2.17. The molecule has 2 N–H and O–H groups in total. The Hall–Kier alpha value is -2.69. The lowest BCUT2D eigenvalue weighted by atomic mass is 10.0. The van der Waals surface area contributed by atoms with Crippen LogP contribution in [0.2, 0.25) is 0 Å². The molecule has 2 rings (SSSR count). The third-order valence-corrected chi connectivity index (χ3v) is 4.02. The molecule has 0 radical (unpaired) electrons. The molecule has 0 spiro atoms. The third kappa shape index (κ3) is 4.89. The molecule has 0 saturated carbocycles. The normalized spacial score (nSPS) is 11.8. The molecule has 0 aromatic heterocycles. The summed E-state index contributed by atoms with van der Waals surface area (Å²) in [7, 11) is 3.15. The Balaban J connectivity index is 2.05. The first kappa shape index (κ1) is 18.6. The number of ether oxygens (including phenoxy) is 2. The van der Waals surface area contributed by atoms with E-state index in [0.29, 0.717) is 23.1 Å². The van der Waals surface area contributed by atoms with E-state index in [9.17, 15) is 4.79 Å². The predicted molar refractivity (Wildman–Crippen MR) is 102 cm³/mol. The van der Waals surface area contributed by atoms with Crippen LogP contribution in [0.3, 0.4) is 0 Å². The van der Waals surface area contributed by atoms with Crippen molar-refractivity contribution in [3.63, 3.8) is 0 Å². The van der Waals surface area contributed by atoms with Crippen molar-refractivity contribution in [1.82, 2.24) is 0 Å². The minimum atomic E-state index is -0.402. The number of benzene rings is 2. The van der Waals surface area contributed by atoms with Crippen LogP contribution in [0.4, 0.5) is 11.4 Å². The first-order valence-electron chi connectivity index (χ1n) is 8.34. The second-order valence-corrected chi connectivity index (χ2v) is 6.20. The zero-order chi connectivity index (χ0) is 18.4. The van der Waals surface area contributed by atoms with Gasteiger partial charge in [0.2, 0.25) is 5.91 Å². The highest BCUT2D eigenvalue weighted by Crippen LogP contribution is 2.29. The van der Waals surface area contributed by atoms with Crippen LogP contribution in [-0.2, 0) is 4.79 Å². The molecule has 0 saturated heterocycles. The van der Waals surface area contributed by atoms with Gasteiger partial charge in [0.25, 0.3) is 0 Å². The van der Waals surface area contributed by atoms with E-state index in [2.05, 4.69) is 36.6 Å². The van der Waals surface area contributed by atoms with Crippen molar-refractivity contribution in [2.24, 2.45) is 0 Å². The summed E-state index contributed by atoms with van der Waals surface area (Å²) < 4.78 is 10.5. The first-order valence-corrected chi connectivity index (χ1v) is 8.34. The van der Waals surface area contributed by atoms with Crippen LogP contribution in [0.5, 0.6) is 11.5 Å². The minimum Gasteiger partial charge on any atom is -0.497 e. The van der Waals surface area contributed by atoms with E-state index in [0.717, 1.165) is 5.69 Å². The molecule has 0 aliphatic carbocycles. The van der Waals surface area contributed by atoms with Crippen LogP contribution >= 0.6 is 0 Å². The molecule has 0 aliphatic rings. The number of amides is 1. The molecule has 2 aromatic rings. The van der Waals surface area contributed by atoms with Crippen LogP contribution in [0.15, 0.2) is 42.5 Å². The molecule has 0 heterocycles. The highest BCUT2D eigenvalue weighted by molar-refractivity contribution is 5.97. The van der Waals surface area contributed by atoms with Gasteiger partial charge < -0.3 is 20.1 Å². The zero-order valence-corrected chi connectivity index (χ0v) is 15.4. The summed E-state index contributed by atoms with van der Waals surface area (Å²) >= 11 is 0. The average Bonchev–Trinajstić information content (AvgIpc) is 2.61. The molecule has 1 atom stereocenters. The van der Waals surface area contributed by atoms with Gasteiger partial charge in [0, 0.05) is 11.8 Å². The van der Waals surface area contributed by atoms with Gasteiger partial charge in [-0.15, -0.1) is 0 Å². The fraction of sp³-hybridized carbons (Fsp3) is 0.350. The second kappa shape index (κ2) is 8.42. The third-order valence-electron chi connectivity index (χ3n) is 4.02. The van der Waals surface area contributed by atoms with Gasteiger partial charge in [-0.25, -0.2) is 0 Å². The maximum atomic E-state index is 12.5. The largest absolute Gasteiger partial charge is 0.497 e. The summed E-state index contributed by atoms with van der Waals surface area (Å²) in [6, 6.07) is 13.0. The van der Waals surface area contributed by atoms with E-state index >= 15 is 0 Å². The topological polar surface area (TPSA) is 59.6 Å². The Morgan fingerprint density at radius 1 is 0.960 bits per heavy atom. The standard InChI is InChI=1S/C20H26N2O3/c1-13(2)15-6-8-16(9-7-15)21-14(3)20(23)22-18-12-17(24-4)10-11-19(18)25-5/h6-14,21H,1-5H3,(H,22,23). The lowest BCUT2D eigenvalue weighted by Crippen LogP contribution is -2.32. The molecule has 134 valence electrons. The van der Waals surface area contributed by atoms with Gasteiger partial charge in [-0.05, 0) is 42.7 Å². The van der Waals surface area contributed by atoms with E-state index < -0.39 is 6.04 Å². The van der Waals surface area contributed by atoms with Gasteiger partial charge in [-0.2, -0.15) is 0 Å². The molecule has 25 heavy (non-hydrogen) atoms. The van der Waals surface area contributed by atoms with Crippen molar-refractivity contribution >= 4 is 17.3 Å². The number of hydrogen-bond acceptors (Lipinski definition) is 4. The molecule has 1 amide bonds. The van der Waals surface area contributed by atoms with E-state index in [1.165, 1.54) is 5.56 Å². The average molecular weight is 342 g/mol. The van der Waals surface area contributed by atoms with Crippen LogP contribution in [0.1, 0.15) is 32.3 Å². The van der Waals surface area contributed by atoms with E-state index in [1.54, 1.807) is 32.4 Å².